The van der Waals surface area contributed by atoms with Crippen molar-refractivity contribution in [1.29, 1.82) is 0 Å². The van der Waals surface area contributed by atoms with E-state index in [-0.39, 0.29) is 0 Å². The summed E-state index contributed by atoms with van der Waals surface area (Å²) < 4.78 is 36.3. The molecule has 17 heavy (non-hydrogen) atoms. The van der Waals surface area contributed by atoms with Crippen LogP contribution in [0.2, 0.25) is 0 Å². The molecule has 0 bridgehead atoms. The molecule has 0 aliphatic carbocycles. The van der Waals surface area contributed by atoms with Crippen LogP contribution in [0.5, 0.6) is 0 Å². The van der Waals surface area contributed by atoms with E-state index in [1.165, 1.54) is 7.11 Å². The van der Waals surface area contributed by atoms with E-state index in [0.717, 1.165) is 12.3 Å². The Balaban J connectivity index is 0.000000557. The SMILES string of the molecule is C[N-]OC.O=C(O)c1ncccc1C(F)(F)F. The van der Waals surface area contributed by atoms with Crippen molar-refractivity contribution in [3.05, 3.63) is 35.1 Å². The molecule has 1 heterocycles. The smallest absolute Gasteiger partial charge is 0.418 e. The molecule has 96 valence electrons. The first kappa shape index (κ1) is 15.3. The number of pyridine rings is 1. The zero-order chi connectivity index (χ0) is 13.5. The average Bonchev–Trinajstić information content (AvgIpc) is 2.28. The van der Waals surface area contributed by atoms with Crippen molar-refractivity contribution >= 4 is 5.97 Å². The lowest BCUT2D eigenvalue weighted by Gasteiger charge is -2.07. The van der Waals surface area contributed by atoms with E-state index in [4.69, 9.17) is 5.11 Å². The molecule has 8 heteroatoms. The van der Waals surface area contributed by atoms with Gasteiger partial charge in [0.15, 0.2) is 5.69 Å². The van der Waals surface area contributed by atoms with Gasteiger partial charge in [-0.05, 0) is 12.1 Å². The Hall–Kier alpha value is -1.67. The first-order chi connectivity index (χ1) is 7.84. The van der Waals surface area contributed by atoms with E-state index >= 15 is 0 Å². The molecule has 1 N–H and O–H groups in total. The number of aromatic carboxylic acids is 1. The van der Waals surface area contributed by atoms with E-state index in [9.17, 15) is 18.0 Å². The van der Waals surface area contributed by atoms with Crippen molar-refractivity contribution in [3.8, 4) is 0 Å². The van der Waals surface area contributed by atoms with Gasteiger partial charge in [-0.3, -0.25) is 0 Å². The van der Waals surface area contributed by atoms with E-state index in [1.807, 2.05) is 0 Å². The molecule has 0 fully saturated rings. The topological polar surface area (TPSA) is 73.5 Å². The Bertz CT molecular complexity index is 367. The van der Waals surface area contributed by atoms with Crippen molar-refractivity contribution in [2.45, 2.75) is 6.18 Å². The Labute approximate surface area is 95.2 Å². The molecule has 0 aromatic carbocycles. The van der Waals surface area contributed by atoms with Crippen LogP contribution in [0.25, 0.3) is 5.48 Å². The molecule has 0 saturated carbocycles. The van der Waals surface area contributed by atoms with Gasteiger partial charge in [0.05, 0.1) is 5.56 Å². The van der Waals surface area contributed by atoms with Gasteiger partial charge in [0.25, 0.3) is 0 Å². The van der Waals surface area contributed by atoms with Crippen LogP contribution >= 0.6 is 0 Å². The number of alkyl halides is 3. The fourth-order valence-electron chi connectivity index (χ4n) is 0.804. The summed E-state index contributed by atoms with van der Waals surface area (Å²) in [6.07, 6.45) is -3.68. The lowest BCUT2D eigenvalue weighted by Crippen LogP contribution is -2.14. The molecule has 5 nitrogen and oxygen atoms in total. The average molecular weight is 251 g/mol. The number of carbonyl (C=O) groups is 1. The van der Waals surface area contributed by atoms with E-state index < -0.39 is 23.4 Å². The Morgan fingerprint density at radius 1 is 1.53 bits per heavy atom. The quantitative estimate of drug-likeness (QED) is 0.819. The second-order valence-electron chi connectivity index (χ2n) is 2.57. The highest BCUT2D eigenvalue weighted by atomic mass is 19.4. The van der Waals surface area contributed by atoms with Crippen molar-refractivity contribution < 1.29 is 27.9 Å². The van der Waals surface area contributed by atoms with Crippen molar-refractivity contribution in [3.63, 3.8) is 0 Å². The fourth-order valence-corrected chi connectivity index (χ4v) is 0.804. The summed E-state index contributed by atoms with van der Waals surface area (Å²) in [6.45, 7) is 0. The van der Waals surface area contributed by atoms with Gasteiger partial charge in [0.1, 0.15) is 0 Å². The van der Waals surface area contributed by atoms with Crippen LogP contribution in [0.15, 0.2) is 18.3 Å². The summed E-state index contributed by atoms with van der Waals surface area (Å²) in [5.74, 6) is -1.69. The zero-order valence-corrected chi connectivity index (χ0v) is 9.02. The van der Waals surface area contributed by atoms with E-state index in [1.54, 1.807) is 7.05 Å². The fraction of sp³-hybridized carbons (Fsp3) is 0.333. The van der Waals surface area contributed by atoms with Crippen LogP contribution < -0.4 is 0 Å². The van der Waals surface area contributed by atoms with Gasteiger partial charge in [-0.2, -0.15) is 13.2 Å². The Kier molecular flexibility index (Phi) is 6.15. The normalized spacial score (nSPS) is 10.4. The van der Waals surface area contributed by atoms with Gasteiger partial charge in [0, 0.05) is 13.3 Å². The Morgan fingerprint density at radius 3 is 2.35 bits per heavy atom. The van der Waals surface area contributed by atoms with Crippen LogP contribution in [0, 0.1) is 0 Å². The van der Waals surface area contributed by atoms with Gasteiger partial charge in [-0.25, -0.2) is 9.78 Å². The maximum atomic E-state index is 12.1. The standard InChI is InChI=1S/C7H4F3NO2.C2H6NO/c8-7(9,10)4-2-1-3-11-5(4)6(12)13;1-3-4-2/h1-3H,(H,12,13);1-2H3/q;-1. The minimum atomic E-state index is -4.68. The molecule has 0 saturated heterocycles. The summed E-state index contributed by atoms with van der Waals surface area (Å²) in [7, 11) is 3.10. The van der Waals surface area contributed by atoms with Crippen molar-refractivity contribution in [2.75, 3.05) is 14.2 Å². The van der Waals surface area contributed by atoms with Crippen molar-refractivity contribution in [2.24, 2.45) is 0 Å². The second-order valence-corrected chi connectivity index (χ2v) is 2.57. The lowest BCUT2D eigenvalue weighted by molar-refractivity contribution is -0.138. The molecule has 0 spiro atoms. The molecule has 1 aromatic heterocycles. The largest absolute Gasteiger partial charge is 0.537 e. The number of hydrogen-bond donors (Lipinski definition) is 1. The number of hydroxylamine groups is 1. The number of nitrogens with zero attached hydrogens (tertiary/aromatic N) is 2. The number of halogens is 3. The maximum absolute atomic E-state index is 12.1. The summed E-state index contributed by atoms with van der Waals surface area (Å²) in [6, 6.07) is 1.71. The minimum absolute atomic E-state index is 0.677. The summed E-state index contributed by atoms with van der Waals surface area (Å²) >= 11 is 0. The van der Waals surface area contributed by atoms with E-state index in [0.29, 0.717) is 6.07 Å². The van der Waals surface area contributed by atoms with Gasteiger partial charge in [0.2, 0.25) is 0 Å². The minimum Gasteiger partial charge on any atom is -0.537 e. The van der Waals surface area contributed by atoms with Gasteiger partial charge < -0.3 is 15.4 Å². The number of hydrogen-bond acceptors (Lipinski definition) is 3. The Morgan fingerprint density at radius 2 is 2.06 bits per heavy atom. The molecule has 1 aromatic rings. The van der Waals surface area contributed by atoms with Crippen LogP contribution in [0.3, 0.4) is 0 Å². The maximum Gasteiger partial charge on any atom is 0.418 e. The van der Waals surface area contributed by atoms with Crippen LogP contribution in [-0.4, -0.2) is 30.2 Å². The second kappa shape index (κ2) is 6.81. The summed E-state index contributed by atoms with van der Waals surface area (Å²) in [5, 5.41) is 8.37. The van der Waals surface area contributed by atoms with Gasteiger partial charge in [-0.1, -0.05) is 0 Å². The number of rotatable bonds is 2. The van der Waals surface area contributed by atoms with Crippen LogP contribution in [-0.2, 0) is 11.0 Å². The van der Waals surface area contributed by atoms with Gasteiger partial charge in [-0.15, -0.1) is 7.05 Å². The molecular weight excluding hydrogens is 241 g/mol. The molecule has 0 radical (unpaired) electrons. The number of carboxylic acids is 1. The third-order valence-electron chi connectivity index (χ3n) is 1.50. The first-order valence-electron chi connectivity index (χ1n) is 4.22. The highest BCUT2D eigenvalue weighted by Gasteiger charge is 2.35. The molecule has 1 rings (SSSR count). The molecule has 0 amide bonds. The molecule has 0 aliphatic rings. The predicted molar refractivity (Wildman–Crippen MR) is 52.5 cm³/mol. The predicted octanol–water partition coefficient (Wildman–Crippen LogP) is 2.35. The van der Waals surface area contributed by atoms with Crippen LogP contribution in [0.4, 0.5) is 13.2 Å². The lowest BCUT2D eigenvalue weighted by atomic mass is 10.2. The molecule has 0 aliphatic heterocycles. The molecular formula is C9H10F3N2O3-. The number of carboxylic acid groups (broad SMARTS) is 1. The first-order valence-corrected chi connectivity index (χ1v) is 4.22. The molecule has 0 atom stereocenters. The highest BCUT2D eigenvalue weighted by molar-refractivity contribution is 5.87. The summed E-state index contributed by atoms with van der Waals surface area (Å²) in [5.41, 5.74) is 1.03. The monoisotopic (exact) mass is 251 g/mol. The zero-order valence-electron chi connectivity index (χ0n) is 9.02. The molecule has 0 unspecified atom stereocenters. The van der Waals surface area contributed by atoms with Crippen LogP contribution in [0.1, 0.15) is 16.1 Å². The third-order valence-corrected chi connectivity index (χ3v) is 1.50. The van der Waals surface area contributed by atoms with E-state index in [2.05, 4.69) is 15.3 Å². The highest BCUT2D eigenvalue weighted by Crippen LogP contribution is 2.30. The third kappa shape index (κ3) is 5.27. The summed E-state index contributed by atoms with van der Waals surface area (Å²) in [4.78, 5) is 17.6. The van der Waals surface area contributed by atoms with Crippen molar-refractivity contribution in [1.82, 2.24) is 4.98 Å². The number of aromatic nitrogens is 1. The van der Waals surface area contributed by atoms with Gasteiger partial charge >= 0.3 is 12.1 Å².